The number of aromatic nitrogens is 3. The largest absolute Gasteiger partial charge is 0.507 e. The van der Waals surface area contributed by atoms with Crippen molar-refractivity contribution in [2.75, 3.05) is 13.2 Å². The van der Waals surface area contributed by atoms with E-state index >= 15 is 0 Å². The summed E-state index contributed by atoms with van der Waals surface area (Å²) in [4.78, 5) is 14.2. The third kappa shape index (κ3) is 6.50. The topological polar surface area (TPSA) is 97.6 Å². The molecule has 2 N–H and O–H groups in total. The molecular formula is C39H43N3O4. The summed E-state index contributed by atoms with van der Waals surface area (Å²) in [6.07, 6.45) is 8.57. The molecule has 238 valence electrons. The van der Waals surface area contributed by atoms with Crippen molar-refractivity contribution >= 4 is 32.3 Å². The number of ether oxygens (including phenoxy) is 2. The van der Waals surface area contributed by atoms with Gasteiger partial charge < -0.3 is 19.7 Å². The third-order valence-electron chi connectivity index (χ3n) is 8.94. The van der Waals surface area contributed by atoms with Crippen LogP contribution in [0.25, 0.3) is 55.1 Å². The van der Waals surface area contributed by atoms with Crippen LogP contribution in [0.4, 0.5) is 0 Å². The van der Waals surface area contributed by atoms with E-state index in [9.17, 15) is 10.2 Å². The van der Waals surface area contributed by atoms with Crippen LogP contribution in [0.15, 0.2) is 66.7 Å². The van der Waals surface area contributed by atoms with Gasteiger partial charge in [-0.1, -0.05) is 108 Å². The molecule has 6 rings (SSSR count). The molecule has 0 saturated heterocycles. The van der Waals surface area contributed by atoms with E-state index in [0.717, 1.165) is 73.1 Å². The highest BCUT2D eigenvalue weighted by atomic mass is 16.5. The molecule has 7 nitrogen and oxygen atoms in total. The number of unbranched alkanes of at least 4 members (excludes halogenated alkanes) is 4. The lowest BCUT2D eigenvalue weighted by Gasteiger charge is -2.17. The van der Waals surface area contributed by atoms with Gasteiger partial charge in [0.2, 0.25) is 0 Å². The summed E-state index contributed by atoms with van der Waals surface area (Å²) in [7, 11) is 0. The van der Waals surface area contributed by atoms with E-state index in [0.29, 0.717) is 30.7 Å². The number of rotatable bonds is 15. The summed E-state index contributed by atoms with van der Waals surface area (Å²) < 4.78 is 12.1. The molecular weight excluding hydrogens is 574 g/mol. The molecule has 0 saturated carbocycles. The Balaban J connectivity index is 1.41. The van der Waals surface area contributed by atoms with Gasteiger partial charge in [0.25, 0.3) is 0 Å². The normalized spacial score (nSPS) is 12.3. The van der Waals surface area contributed by atoms with E-state index in [1.165, 1.54) is 28.3 Å². The molecule has 0 aliphatic heterocycles. The Morgan fingerprint density at radius 3 is 2.07 bits per heavy atom. The Morgan fingerprint density at radius 2 is 1.35 bits per heavy atom. The number of phenols is 2. The first-order valence-electron chi connectivity index (χ1n) is 16.8. The maximum atomic E-state index is 11.2. The highest BCUT2D eigenvalue weighted by molar-refractivity contribution is 6.25. The molecule has 0 aliphatic rings. The van der Waals surface area contributed by atoms with Crippen molar-refractivity contribution in [3.63, 3.8) is 0 Å². The molecule has 1 unspecified atom stereocenters. The number of hydrogen-bond acceptors (Lipinski definition) is 7. The average Bonchev–Trinajstić information content (AvgIpc) is 3.07. The van der Waals surface area contributed by atoms with Gasteiger partial charge in [-0.3, -0.25) is 0 Å². The van der Waals surface area contributed by atoms with Gasteiger partial charge in [-0.2, -0.15) is 9.97 Å². The number of nitrogens with zero attached hydrogens (tertiary/aromatic N) is 3. The number of hydrogen-bond donors (Lipinski definition) is 2. The van der Waals surface area contributed by atoms with Crippen molar-refractivity contribution in [2.45, 2.75) is 72.1 Å². The Hall–Kier alpha value is -4.65. The quantitative estimate of drug-likeness (QED) is 0.0874. The molecule has 0 fully saturated rings. The Labute approximate surface area is 270 Å². The molecule has 0 amide bonds. The van der Waals surface area contributed by atoms with Gasteiger partial charge in [-0.05, 0) is 57.1 Å². The maximum absolute atomic E-state index is 11.2. The van der Waals surface area contributed by atoms with Crippen molar-refractivity contribution in [1.82, 2.24) is 15.0 Å². The molecule has 1 heterocycles. The molecule has 0 aliphatic carbocycles. The summed E-state index contributed by atoms with van der Waals surface area (Å²) in [5.74, 6) is 1.03. The van der Waals surface area contributed by atoms with Crippen molar-refractivity contribution in [3.05, 3.63) is 66.7 Å². The standard InChI is InChI=1S/C39H43N3O4/c1-4-7-9-10-21-45-39-41-37(31-20-18-28-16-15-26-13-11-14-27-17-19-30(31)35(28)34(26)27)40-38(42-39)36-32(43)22-29(23-33(36)44)46-24-25(6-3)12-8-5-2/h11,13-20,22-23,25,43-44H,4-10,12,21,24H2,1-3H3. The van der Waals surface area contributed by atoms with Gasteiger partial charge in [0.1, 0.15) is 22.8 Å². The maximum Gasteiger partial charge on any atom is 0.320 e. The van der Waals surface area contributed by atoms with E-state index in [2.05, 4.69) is 74.3 Å². The first-order valence-corrected chi connectivity index (χ1v) is 16.8. The van der Waals surface area contributed by atoms with Crippen LogP contribution < -0.4 is 9.47 Å². The number of benzene rings is 5. The van der Waals surface area contributed by atoms with Crippen LogP contribution in [0.3, 0.4) is 0 Å². The smallest absolute Gasteiger partial charge is 0.320 e. The van der Waals surface area contributed by atoms with Crippen LogP contribution in [-0.4, -0.2) is 38.4 Å². The van der Waals surface area contributed by atoms with Crippen LogP contribution in [0.2, 0.25) is 0 Å². The van der Waals surface area contributed by atoms with Crippen molar-refractivity contribution in [3.8, 4) is 46.0 Å². The Bertz CT molecular complexity index is 1900. The molecule has 5 aromatic carbocycles. The lowest BCUT2D eigenvalue weighted by Crippen LogP contribution is -2.11. The van der Waals surface area contributed by atoms with Gasteiger partial charge >= 0.3 is 6.01 Å². The predicted molar refractivity (Wildman–Crippen MR) is 186 cm³/mol. The lowest BCUT2D eigenvalue weighted by molar-refractivity contribution is 0.232. The van der Waals surface area contributed by atoms with Gasteiger partial charge in [0, 0.05) is 17.7 Å². The lowest BCUT2D eigenvalue weighted by atomic mass is 9.92. The van der Waals surface area contributed by atoms with E-state index in [-0.39, 0.29) is 28.9 Å². The minimum atomic E-state index is -0.168. The van der Waals surface area contributed by atoms with E-state index in [4.69, 9.17) is 19.4 Å². The summed E-state index contributed by atoms with van der Waals surface area (Å²) in [5.41, 5.74) is 0.935. The van der Waals surface area contributed by atoms with Gasteiger partial charge in [-0.25, -0.2) is 4.98 Å². The molecule has 1 aromatic heterocycles. The van der Waals surface area contributed by atoms with Crippen LogP contribution in [0.1, 0.15) is 72.1 Å². The summed E-state index contributed by atoms with van der Waals surface area (Å²) in [6, 6.07) is 22.2. The van der Waals surface area contributed by atoms with Crippen molar-refractivity contribution < 1.29 is 19.7 Å². The second kappa shape index (κ2) is 14.2. The predicted octanol–water partition coefficient (Wildman–Crippen LogP) is 10.1. The SMILES string of the molecule is CCCCCCOc1nc(-c2c(O)cc(OCC(CC)CCCC)cc2O)nc(-c2ccc3ccc4cccc5ccc2c3c45)n1. The first-order chi connectivity index (χ1) is 22.5. The van der Waals surface area contributed by atoms with Gasteiger partial charge in [0.05, 0.1) is 13.2 Å². The molecule has 1 atom stereocenters. The summed E-state index contributed by atoms with van der Waals surface area (Å²) >= 11 is 0. The fourth-order valence-electron chi connectivity index (χ4n) is 6.29. The molecule has 6 aromatic rings. The minimum Gasteiger partial charge on any atom is -0.507 e. The average molecular weight is 618 g/mol. The third-order valence-corrected chi connectivity index (χ3v) is 8.94. The minimum absolute atomic E-state index is 0.113. The zero-order valence-corrected chi connectivity index (χ0v) is 27.1. The molecule has 7 heteroatoms. The van der Waals surface area contributed by atoms with E-state index in [1.54, 1.807) is 0 Å². The summed E-state index contributed by atoms with van der Waals surface area (Å²) in [6.45, 7) is 7.50. The molecule has 0 bridgehead atoms. The molecule has 46 heavy (non-hydrogen) atoms. The second-order valence-corrected chi connectivity index (χ2v) is 12.2. The van der Waals surface area contributed by atoms with Crippen LogP contribution in [0.5, 0.6) is 23.3 Å². The Kier molecular flexibility index (Phi) is 9.67. The highest BCUT2D eigenvalue weighted by Crippen LogP contribution is 2.42. The zero-order chi connectivity index (χ0) is 32.0. The van der Waals surface area contributed by atoms with E-state index in [1.807, 2.05) is 6.07 Å². The number of phenolic OH excluding ortho intramolecular Hbond substituents is 2. The van der Waals surface area contributed by atoms with Crippen LogP contribution in [0, 0.1) is 5.92 Å². The van der Waals surface area contributed by atoms with Gasteiger partial charge in [0.15, 0.2) is 11.6 Å². The fraction of sp³-hybridized carbons (Fsp3) is 0.359. The highest BCUT2D eigenvalue weighted by Gasteiger charge is 2.21. The van der Waals surface area contributed by atoms with Crippen molar-refractivity contribution in [2.24, 2.45) is 5.92 Å². The first kappa shape index (κ1) is 31.3. The monoisotopic (exact) mass is 617 g/mol. The fourth-order valence-corrected chi connectivity index (χ4v) is 6.29. The molecule has 0 radical (unpaired) electrons. The Morgan fingerprint density at radius 1 is 0.674 bits per heavy atom. The van der Waals surface area contributed by atoms with Crippen LogP contribution in [-0.2, 0) is 0 Å². The van der Waals surface area contributed by atoms with Crippen molar-refractivity contribution in [1.29, 1.82) is 0 Å². The zero-order valence-electron chi connectivity index (χ0n) is 27.1. The second-order valence-electron chi connectivity index (χ2n) is 12.2. The summed E-state index contributed by atoms with van der Waals surface area (Å²) in [5, 5.41) is 29.2. The number of aromatic hydroxyl groups is 2. The molecule has 0 spiro atoms. The van der Waals surface area contributed by atoms with Gasteiger partial charge in [-0.15, -0.1) is 0 Å². The van der Waals surface area contributed by atoms with E-state index < -0.39 is 0 Å². The van der Waals surface area contributed by atoms with Crippen LogP contribution >= 0.6 is 0 Å².